The van der Waals surface area contributed by atoms with Gasteiger partial charge < -0.3 is 9.09 Å². The Balaban J connectivity index is 1.77. The molecule has 18 heavy (non-hydrogen) atoms. The van der Waals surface area contributed by atoms with Crippen molar-refractivity contribution in [1.82, 2.24) is 19.7 Å². The molecule has 1 fully saturated rings. The Morgan fingerprint density at radius 2 is 2.28 bits per heavy atom. The summed E-state index contributed by atoms with van der Waals surface area (Å²) in [5, 5.41) is 3.68. The van der Waals surface area contributed by atoms with Crippen molar-refractivity contribution in [2.75, 3.05) is 0 Å². The van der Waals surface area contributed by atoms with Crippen LogP contribution in [0.3, 0.4) is 0 Å². The maximum atomic E-state index is 11.0. The lowest BCUT2D eigenvalue weighted by Crippen LogP contribution is -1.97. The predicted molar refractivity (Wildman–Crippen MR) is 60.6 cm³/mol. The van der Waals surface area contributed by atoms with E-state index in [-0.39, 0.29) is 11.6 Å². The molecule has 7 nitrogen and oxygen atoms in total. The van der Waals surface area contributed by atoms with Gasteiger partial charge in [-0.05, 0) is 12.8 Å². The number of aromatic nitrogens is 4. The van der Waals surface area contributed by atoms with E-state index in [2.05, 4.69) is 15.1 Å². The van der Waals surface area contributed by atoms with Gasteiger partial charge in [-0.15, -0.1) is 0 Å². The maximum Gasteiger partial charge on any atom is 0.280 e. The second-order valence-corrected chi connectivity index (χ2v) is 6.66. The van der Waals surface area contributed by atoms with Crippen molar-refractivity contribution in [3.8, 4) is 0 Å². The van der Waals surface area contributed by atoms with E-state index < -0.39 is 9.05 Å². The Morgan fingerprint density at radius 3 is 2.89 bits per heavy atom. The van der Waals surface area contributed by atoms with Crippen molar-refractivity contribution in [2.45, 2.75) is 30.3 Å². The lowest BCUT2D eigenvalue weighted by atomic mass is 10.4. The molecule has 1 aliphatic rings. The number of nitrogens with zero attached hydrogens (tertiary/aromatic N) is 4. The number of hydrogen-bond donors (Lipinski definition) is 0. The monoisotopic (exact) mass is 288 g/mol. The summed E-state index contributed by atoms with van der Waals surface area (Å²) < 4.78 is 28.7. The standard InChI is InChI=1S/C9H9ClN4O3S/c10-18(15,16)8-4-14(5-11-8)3-7-12-9(13-17-7)6-1-2-6/h4-6H,1-3H2. The third kappa shape index (κ3) is 2.39. The van der Waals surface area contributed by atoms with Gasteiger partial charge in [0.15, 0.2) is 10.9 Å². The third-order valence-electron chi connectivity index (χ3n) is 2.60. The first-order valence-corrected chi connectivity index (χ1v) is 7.62. The van der Waals surface area contributed by atoms with Crippen LogP contribution in [0.5, 0.6) is 0 Å². The van der Waals surface area contributed by atoms with E-state index in [1.165, 1.54) is 17.1 Å². The first-order chi connectivity index (χ1) is 8.52. The molecule has 0 N–H and O–H groups in total. The molecule has 0 radical (unpaired) electrons. The van der Waals surface area contributed by atoms with Crippen molar-refractivity contribution >= 4 is 19.7 Å². The molecule has 0 aromatic carbocycles. The first-order valence-electron chi connectivity index (χ1n) is 5.31. The second kappa shape index (κ2) is 4.06. The topological polar surface area (TPSA) is 90.9 Å². The summed E-state index contributed by atoms with van der Waals surface area (Å²) in [6.07, 6.45) is 4.87. The predicted octanol–water partition coefficient (Wildman–Crippen LogP) is 1.12. The Morgan fingerprint density at radius 1 is 1.50 bits per heavy atom. The Kier molecular flexibility index (Phi) is 2.63. The van der Waals surface area contributed by atoms with Gasteiger partial charge in [-0.1, -0.05) is 5.16 Å². The molecule has 2 aromatic heterocycles. The van der Waals surface area contributed by atoms with E-state index in [0.717, 1.165) is 18.7 Å². The first kappa shape index (κ1) is 11.7. The van der Waals surface area contributed by atoms with E-state index in [9.17, 15) is 8.42 Å². The average molecular weight is 289 g/mol. The lowest BCUT2D eigenvalue weighted by Gasteiger charge is -1.94. The van der Waals surface area contributed by atoms with Crippen LogP contribution in [0.2, 0.25) is 0 Å². The van der Waals surface area contributed by atoms with Gasteiger partial charge in [-0.2, -0.15) is 4.98 Å². The van der Waals surface area contributed by atoms with Crippen LogP contribution in [0, 0.1) is 0 Å². The Bertz CT molecular complexity index is 674. The van der Waals surface area contributed by atoms with Crippen LogP contribution in [0.1, 0.15) is 30.5 Å². The van der Waals surface area contributed by atoms with Gasteiger partial charge >= 0.3 is 0 Å². The van der Waals surface area contributed by atoms with Gasteiger partial charge in [0.05, 0.1) is 6.33 Å². The Hall–Kier alpha value is -1.41. The highest BCUT2D eigenvalue weighted by Gasteiger charge is 2.28. The highest BCUT2D eigenvalue weighted by atomic mass is 35.7. The molecule has 1 aliphatic carbocycles. The molecule has 0 unspecified atom stereocenters. The summed E-state index contributed by atoms with van der Waals surface area (Å²) >= 11 is 0. The lowest BCUT2D eigenvalue weighted by molar-refractivity contribution is 0.366. The maximum absolute atomic E-state index is 11.0. The van der Waals surface area contributed by atoms with Crippen LogP contribution in [0.15, 0.2) is 22.1 Å². The van der Waals surface area contributed by atoms with E-state index >= 15 is 0 Å². The minimum atomic E-state index is -3.80. The third-order valence-corrected chi connectivity index (χ3v) is 3.79. The van der Waals surface area contributed by atoms with Crippen LogP contribution in [0.25, 0.3) is 0 Å². The smallest absolute Gasteiger partial charge is 0.280 e. The Labute approximate surface area is 107 Å². The fourth-order valence-electron chi connectivity index (χ4n) is 1.55. The van der Waals surface area contributed by atoms with Crippen molar-refractivity contribution in [2.24, 2.45) is 0 Å². The number of halogens is 1. The molecule has 0 bridgehead atoms. The van der Waals surface area contributed by atoms with Crippen molar-refractivity contribution in [3.63, 3.8) is 0 Å². The van der Waals surface area contributed by atoms with E-state index in [4.69, 9.17) is 15.2 Å². The van der Waals surface area contributed by atoms with Crippen LogP contribution in [-0.4, -0.2) is 28.1 Å². The van der Waals surface area contributed by atoms with Crippen LogP contribution in [-0.2, 0) is 15.6 Å². The highest BCUT2D eigenvalue weighted by Crippen LogP contribution is 2.38. The van der Waals surface area contributed by atoms with Gasteiger partial charge in [0.1, 0.15) is 6.54 Å². The molecule has 1 saturated carbocycles. The zero-order chi connectivity index (χ0) is 12.8. The van der Waals surface area contributed by atoms with Gasteiger partial charge in [-0.3, -0.25) is 0 Å². The van der Waals surface area contributed by atoms with Crippen molar-refractivity contribution in [1.29, 1.82) is 0 Å². The van der Waals surface area contributed by atoms with E-state index in [1.54, 1.807) is 0 Å². The molecule has 0 amide bonds. The fraction of sp³-hybridized carbons (Fsp3) is 0.444. The zero-order valence-electron chi connectivity index (χ0n) is 9.15. The number of rotatable bonds is 4. The van der Waals surface area contributed by atoms with Crippen molar-refractivity contribution < 1.29 is 12.9 Å². The molecule has 0 saturated heterocycles. The molecule has 0 aliphatic heterocycles. The second-order valence-electron chi connectivity index (χ2n) is 4.14. The average Bonchev–Trinajstić information content (AvgIpc) is 2.85. The molecule has 0 spiro atoms. The number of hydrogen-bond acceptors (Lipinski definition) is 6. The van der Waals surface area contributed by atoms with Crippen LogP contribution < -0.4 is 0 Å². The molecule has 2 aromatic rings. The minimum Gasteiger partial charge on any atom is -0.337 e. The van der Waals surface area contributed by atoms with Gasteiger partial charge in [0, 0.05) is 22.8 Å². The summed E-state index contributed by atoms with van der Waals surface area (Å²) in [5.74, 6) is 1.56. The summed E-state index contributed by atoms with van der Waals surface area (Å²) in [4.78, 5) is 7.92. The van der Waals surface area contributed by atoms with Gasteiger partial charge in [-0.25, -0.2) is 13.4 Å². The molecule has 2 heterocycles. The molecular formula is C9H9ClN4O3S. The SMILES string of the molecule is O=S(=O)(Cl)c1cn(Cc2nc(C3CC3)no2)cn1. The van der Waals surface area contributed by atoms with E-state index in [0.29, 0.717) is 11.8 Å². The summed E-state index contributed by atoms with van der Waals surface area (Å²) in [6.45, 7) is 0.277. The molecule has 0 atom stereocenters. The normalized spacial score (nSPS) is 16.1. The molecule has 3 rings (SSSR count). The van der Waals surface area contributed by atoms with Gasteiger partial charge in [0.25, 0.3) is 9.05 Å². The largest absolute Gasteiger partial charge is 0.337 e. The quantitative estimate of drug-likeness (QED) is 0.783. The van der Waals surface area contributed by atoms with Crippen LogP contribution >= 0.6 is 10.7 Å². The highest BCUT2D eigenvalue weighted by molar-refractivity contribution is 8.13. The fourth-order valence-corrected chi connectivity index (χ4v) is 2.22. The summed E-state index contributed by atoms with van der Waals surface area (Å²) in [5.41, 5.74) is 0. The van der Waals surface area contributed by atoms with Crippen molar-refractivity contribution in [3.05, 3.63) is 24.2 Å². The van der Waals surface area contributed by atoms with Gasteiger partial charge in [0.2, 0.25) is 5.89 Å². The number of imidazole rings is 1. The summed E-state index contributed by atoms with van der Waals surface area (Å²) in [7, 11) is 1.37. The molecule has 9 heteroatoms. The minimum absolute atomic E-state index is 0.189. The summed E-state index contributed by atoms with van der Waals surface area (Å²) in [6, 6.07) is 0. The van der Waals surface area contributed by atoms with E-state index in [1.807, 2.05) is 0 Å². The van der Waals surface area contributed by atoms with Crippen LogP contribution in [0.4, 0.5) is 0 Å². The molecule has 96 valence electrons. The zero-order valence-corrected chi connectivity index (χ0v) is 10.7. The molecular weight excluding hydrogens is 280 g/mol.